The van der Waals surface area contributed by atoms with Gasteiger partial charge in [0.1, 0.15) is 11.2 Å². The van der Waals surface area contributed by atoms with Crippen molar-refractivity contribution < 1.29 is 4.42 Å². The number of aryl methyl sites for hydroxylation is 1. The number of rotatable bonds is 5. The van der Waals surface area contributed by atoms with Gasteiger partial charge in [0.2, 0.25) is 0 Å². The first kappa shape index (κ1) is 37.4. The van der Waals surface area contributed by atoms with Crippen LogP contribution in [0.3, 0.4) is 0 Å². The molecule has 0 spiro atoms. The monoisotopic (exact) mass is 859 g/mol. The quantitative estimate of drug-likeness (QED) is 0.169. The van der Waals surface area contributed by atoms with Crippen molar-refractivity contribution in [3.05, 3.63) is 235 Å². The Morgan fingerprint density at radius 1 is 0.439 bits per heavy atom. The number of furan rings is 1. The van der Waals surface area contributed by atoms with Gasteiger partial charge < -0.3 is 8.98 Å². The van der Waals surface area contributed by atoms with Gasteiger partial charge in [-0.2, -0.15) is 0 Å². The summed E-state index contributed by atoms with van der Waals surface area (Å²) in [6.07, 6.45) is 2.04. The lowest BCUT2D eigenvalue weighted by atomic mass is 9.81. The smallest absolute Gasteiger partial charge is 0.143 e. The molecule has 2 nitrogen and oxygen atoms in total. The number of thiophene rings is 1. The molecule has 3 heterocycles. The van der Waals surface area contributed by atoms with Crippen molar-refractivity contribution in [3.63, 3.8) is 0 Å². The van der Waals surface area contributed by atoms with Crippen LogP contribution in [0.15, 0.2) is 223 Å². The van der Waals surface area contributed by atoms with Gasteiger partial charge in [0.05, 0.1) is 11.0 Å². The summed E-state index contributed by atoms with van der Waals surface area (Å²) in [6, 6.07) is 80.9. The van der Waals surface area contributed by atoms with Crippen LogP contribution in [0.1, 0.15) is 29.0 Å². The molecule has 1 aliphatic carbocycles. The molecule has 310 valence electrons. The third kappa shape index (κ3) is 5.66. The van der Waals surface area contributed by atoms with E-state index in [0.717, 1.165) is 51.6 Å². The molecule has 1 atom stereocenters. The highest BCUT2D eigenvalue weighted by atomic mass is 32.1. The van der Waals surface area contributed by atoms with Gasteiger partial charge in [-0.05, 0) is 111 Å². The van der Waals surface area contributed by atoms with Crippen LogP contribution in [-0.4, -0.2) is 4.57 Å². The van der Waals surface area contributed by atoms with Crippen LogP contribution in [0, 0.1) is 0 Å². The summed E-state index contributed by atoms with van der Waals surface area (Å²) in [5.41, 5.74) is 19.6. The Morgan fingerprint density at radius 3 is 2.05 bits per heavy atom. The Kier molecular flexibility index (Phi) is 8.38. The highest BCUT2D eigenvalue weighted by molar-refractivity contribution is 7.25. The molecule has 0 aliphatic heterocycles. The number of benzene rings is 10. The fourth-order valence-corrected chi connectivity index (χ4v) is 12.5. The van der Waals surface area contributed by atoms with Gasteiger partial charge in [0.25, 0.3) is 0 Å². The Labute approximate surface area is 386 Å². The minimum absolute atomic E-state index is 0.218. The van der Waals surface area contributed by atoms with Crippen molar-refractivity contribution in [1.29, 1.82) is 0 Å². The molecule has 0 amide bonds. The SMILES string of the molecule is c1cc(-c2cccc3sc4ccccc4c23)cc(C2CCc3ccccc3-c3c(-c4cccc5c4c4ccccc4n5-c4ccc(-c5cccc6c5oc5ccccc56)cc4)cccc32)c1. The summed E-state index contributed by atoms with van der Waals surface area (Å²) in [5.74, 6) is 0.218. The Bertz CT molecular complexity index is 4070. The average molecular weight is 860 g/mol. The lowest BCUT2D eigenvalue weighted by Gasteiger charge is -2.22. The van der Waals surface area contributed by atoms with Gasteiger partial charge in [-0.1, -0.05) is 176 Å². The van der Waals surface area contributed by atoms with E-state index in [1.807, 2.05) is 17.4 Å². The van der Waals surface area contributed by atoms with Gasteiger partial charge in [-0.25, -0.2) is 0 Å². The summed E-state index contributed by atoms with van der Waals surface area (Å²) in [4.78, 5) is 0. The van der Waals surface area contributed by atoms with Crippen LogP contribution in [0.5, 0.6) is 0 Å². The molecule has 0 radical (unpaired) electrons. The second kappa shape index (κ2) is 14.8. The predicted molar refractivity (Wildman–Crippen MR) is 279 cm³/mol. The van der Waals surface area contributed by atoms with Crippen LogP contribution < -0.4 is 0 Å². The van der Waals surface area contributed by atoms with Crippen LogP contribution in [0.4, 0.5) is 0 Å². The van der Waals surface area contributed by atoms with Crippen molar-refractivity contribution in [2.75, 3.05) is 0 Å². The van der Waals surface area contributed by atoms with E-state index in [-0.39, 0.29) is 5.92 Å². The van der Waals surface area contributed by atoms with Gasteiger partial charge in [0, 0.05) is 58.9 Å². The van der Waals surface area contributed by atoms with E-state index in [2.05, 4.69) is 217 Å². The predicted octanol–water partition coefficient (Wildman–Crippen LogP) is 17.8. The molecule has 0 bridgehead atoms. The maximum atomic E-state index is 6.45. The number of nitrogens with zero attached hydrogens (tertiary/aromatic N) is 1. The molecule has 3 aromatic heterocycles. The van der Waals surface area contributed by atoms with Crippen LogP contribution >= 0.6 is 11.3 Å². The second-order valence-corrected chi connectivity index (χ2v) is 18.9. The van der Waals surface area contributed by atoms with Crippen LogP contribution in [0.2, 0.25) is 0 Å². The first-order valence-electron chi connectivity index (χ1n) is 23.0. The molecule has 3 heteroatoms. The minimum Gasteiger partial charge on any atom is -0.455 e. The number of hydrogen-bond acceptors (Lipinski definition) is 2. The fourth-order valence-electron chi connectivity index (χ4n) is 11.4. The van der Waals surface area contributed by atoms with Crippen molar-refractivity contribution in [2.45, 2.75) is 18.8 Å². The summed E-state index contributed by atoms with van der Waals surface area (Å²) in [6.45, 7) is 0. The Morgan fingerprint density at radius 2 is 1.11 bits per heavy atom. The summed E-state index contributed by atoms with van der Waals surface area (Å²) < 4.78 is 11.6. The van der Waals surface area contributed by atoms with Gasteiger partial charge >= 0.3 is 0 Å². The standard InChI is InChI=1S/C63H41NOS/c1-2-17-45-39(14-1)34-37-44(41-15-9-16-42(38-41)46-21-13-31-59-62(46)54-20-5-8-30-58(54)66-59)49-23-11-24-50(60(45)49)51-25-12-28-56-61(51)53-19-3-6-27-55(53)64(56)43-35-32-40(33-36-43)47-22-10-26-52-48-18-4-7-29-57(48)65-63(47)52/h1-33,35-36,38,44H,34,37H2. The van der Waals surface area contributed by atoms with Gasteiger partial charge in [-0.15, -0.1) is 11.3 Å². The van der Waals surface area contributed by atoms with E-state index in [9.17, 15) is 0 Å². The Balaban J connectivity index is 0.926. The molecule has 0 fully saturated rings. The number of para-hydroxylation sites is 3. The average Bonchev–Trinajstić information content (AvgIpc) is 4.03. The molecule has 13 aromatic rings. The zero-order chi connectivity index (χ0) is 43.3. The lowest BCUT2D eigenvalue weighted by molar-refractivity contribution is 0.670. The third-order valence-electron chi connectivity index (χ3n) is 14.3. The molecule has 1 unspecified atom stereocenters. The van der Waals surface area contributed by atoms with E-state index in [0.29, 0.717) is 0 Å². The van der Waals surface area contributed by atoms with Crippen LogP contribution in [-0.2, 0) is 6.42 Å². The minimum atomic E-state index is 0.218. The van der Waals surface area contributed by atoms with E-state index in [1.54, 1.807) is 0 Å². The maximum absolute atomic E-state index is 6.45. The highest BCUT2D eigenvalue weighted by Crippen LogP contribution is 2.49. The fraction of sp³-hybridized carbons (Fsp3) is 0.0476. The number of aromatic nitrogens is 1. The van der Waals surface area contributed by atoms with Crippen molar-refractivity contribution in [3.8, 4) is 50.2 Å². The Hall–Kier alpha value is -7.98. The molecule has 14 rings (SSSR count). The zero-order valence-electron chi connectivity index (χ0n) is 36.0. The summed E-state index contributed by atoms with van der Waals surface area (Å²) >= 11 is 1.89. The van der Waals surface area contributed by atoms with Crippen LogP contribution in [0.25, 0.3) is 114 Å². The van der Waals surface area contributed by atoms with Crippen molar-refractivity contribution in [1.82, 2.24) is 4.57 Å². The van der Waals surface area contributed by atoms with Gasteiger partial charge in [-0.3, -0.25) is 0 Å². The topological polar surface area (TPSA) is 18.1 Å². The molecule has 66 heavy (non-hydrogen) atoms. The van der Waals surface area contributed by atoms with Crippen molar-refractivity contribution >= 4 is 75.3 Å². The van der Waals surface area contributed by atoms with E-state index >= 15 is 0 Å². The van der Waals surface area contributed by atoms with Crippen molar-refractivity contribution in [2.24, 2.45) is 0 Å². The molecule has 0 saturated carbocycles. The van der Waals surface area contributed by atoms with E-state index in [1.165, 1.54) is 92.0 Å². The number of fused-ring (bicyclic) bond motifs is 12. The summed E-state index contributed by atoms with van der Waals surface area (Å²) in [7, 11) is 0. The lowest BCUT2D eigenvalue weighted by Crippen LogP contribution is -2.03. The zero-order valence-corrected chi connectivity index (χ0v) is 36.9. The molecule has 0 saturated heterocycles. The largest absolute Gasteiger partial charge is 0.455 e. The number of hydrogen-bond donors (Lipinski definition) is 0. The van der Waals surface area contributed by atoms with E-state index < -0.39 is 0 Å². The molecule has 10 aromatic carbocycles. The molecular weight excluding hydrogens is 819 g/mol. The molecule has 0 N–H and O–H groups in total. The first-order chi connectivity index (χ1) is 32.7. The first-order valence-corrected chi connectivity index (χ1v) is 23.8. The molecule has 1 aliphatic rings. The van der Waals surface area contributed by atoms with Gasteiger partial charge in [0.15, 0.2) is 0 Å². The third-order valence-corrected chi connectivity index (χ3v) is 15.4. The normalized spacial score (nSPS) is 13.8. The molecular formula is C63H41NOS. The second-order valence-electron chi connectivity index (χ2n) is 17.8. The summed E-state index contributed by atoms with van der Waals surface area (Å²) in [5, 5.41) is 7.50. The highest BCUT2D eigenvalue weighted by Gasteiger charge is 2.28. The maximum Gasteiger partial charge on any atom is 0.143 e. The van der Waals surface area contributed by atoms with E-state index in [4.69, 9.17) is 4.42 Å².